The summed E-state index contributed by atoms with van der Waals surface area (Å²) in [5.41, 5.74) is 0.229. The second-order valence-electron chi connectivity index (χ2n) is 2.23. The summed E-state index contributed by atoms with van der Waals surface area (Å²) in [6.07, 6.45) is 0.539. The molecule has 0 aromatic heterocycles. The van der Waals surface area contributed by atoms with E-state index in [1.165, 1.54) is 25.3 Å². The maximum Gasteiger partial charge on any atom is 0.161 e. The molecule has 0 aliphatic carbocycles. The molecule has 13 heavy (non-hydrogen) atoms. The largest absolute Gasteiger partial charge is 0.493 e. The number of aldehydes is 1. The molecule has 0 amide bonds. The van der Waals surface area contributed by atoms with Gasteiger partial charge in [0.15, 0.2) is 11.5 Å². The van der Waals surface area contributed by atoms with E-state index in [0.717, 1.165) is 0 Å². The summed E-state index contributed by atoms with van der Waals surface area (Å²) < 4.78 is 45.5. The van der Waals surface area contributed by atoms with Gasteiger partial charge < -0.3 is 9.47 Å². The number of methoxy groups -OCH3 is 1. The molecule has 3 nitrogen and oxygen atoms in total. The average Bonchev–Trinajstić information content (AvgIpc) is 2.26. The second-order valence-corrected chi connectivity index (χ2v) is 2.23. The van der Waals surface area contributed by atoms with Crippen molar-refractivity contribution in [2.24, 2.45) is 0 Å². The quantitative estimate of drug-likeness (QED) is 0.672. The molecular formula is C10H12O3. The molecule has 0 aliphatic rings. The molecule has 0 unspecified atom stereocenters. The highest BCUT2D eigenvalue weighted by atomic mass is 16.5. The van der Waals surface area contributed by atoms with Gasteiger partial charge in [0, 0.05) is 9.68 Å². The van der Waals surface area contributed by atoms with Crippen molar-refractivity contribution in [3.05, 3.63) is 23.8 Å². The fraction of sp³-hybridized carbons (Fsp3) is 0.300. The molecule has 1 aromatic rings. The first-order chi connectivity index (χ1) is 8.21. The van der Waals surface area contributed by atoms with Crippen molar-refractivity contribution in [1.29, 1.82) is 0 Å². The van der Waals surface area contributed by atoms with Gasteiger partial charge in [0.25, 0.3) is 0 Å². The molecule has 3 heteroatoms. The molecule has 0 bridgehead atoms. The maximum absolute atomic E-state index is 10.6. The molecule has 0 spiro atoms. The average molecular weight is 185 g/mol. The van der Waals surface area contributed by atoms with E-state index < -0.39 is 13.4 Å². The number of hydrogen-bond acceptors (Lipinski definition) is 3. The van der Waals surface area contributed by atoms with Gasteiger partial charge in [0.2, 0.25) is 0 Å². The molecule has 0 N–H and O–H groups in total. The Hall–Kier alpha value is -1.51. The lowest BCUT2D eigenvalue weighted by Crippen LogP contribution is -1.96. The number of hydrogen-bond donors (Lipinski definition) is 0. The third-order valence-electron chi connectivity index (χ3n) is 1.48. The molecule has 1 aromatic carbocycles. The van der Waals surface area contributed by atoms with E-state index in [0.29, 0.717) is 6.29 Å². The van der Waals surface area contributed by atoms with Crippen molar-refractivity contribution in [2.45, 2.75) is 6.85 Å². The van der Waals surface area contributed by atoms with Gasteiger partial charge in [0.05, 0.1) is 16.4 Å². The molecule has 0 heterocycles. The van der Waals surface area contributed by atoms with Crippen molar-refractivity contribution in [3.8, 4) is 11.5 Å². The normalized spacial score (nSPS) is 17.2. The lowest BCUT2D eigenvalue weighted by Gasteiger charge is -2.08. The van der Waals surface area contributed by atoms with Crippen LogP contribution in [0.1, 0.15) is 24.1 Å². The van der Waals surface area contributed by atoms with Crippen LogP contribution < -0.4 is 9.47 Å². The van der Waals surface area contributed by atoms with Gasteiger partial charge in [-0.05, 0) is 25.1 Å². The second kappa shape index (κ2) is 4.50. The van der Waals surface area contributed by atoms with Crippen molar-refractivity contribution in [3.63, 3.8) is 0 Å². The predicted octanol–water partition coefficient (Wildman–Crippen LogP) is 1.91. The topological polar surface area (TPSA) is 35.5 Å². The van der Waals surface area contributed by atoms with Crippen molar-refractivity contribution in [2.75, 3.05) is 13.7 Å². The molecule has 70 valence electrons. The molecule has 0 saturated heterocycles. The Morgan fingerprint density at radius 3 is 3.08 bits per heavy atom. The highest BCUT2D eigenvalue weighted by molar-refractivity contribution is 5.76. The Balaban J connectivity index is 3.13. The molecule has 0 saturated carbocycles. The van der Waals surface area contributed by atoms with Gasteiger partial charge in [0.1, 0.15) is 6.29 Å². The van der Waals surface area contributed by atoms with Gasteiger partial charge in [-0.25, -0.2) is 0 Å². The summed E-state index contributed by atoms with van der Waals surface area (Å²) in [5.74, 6) is 0.0111. The zero-order valence-electron chi connectivity index (χ0n) is 12.0. The van der Waals surface area contributed by atoms with Crippen LogP contribution in [0.25, 0.3) is 0 Å². The van der Waals surface area contributed by atoms with E-state index in [-0.39, 0.29) is 17.1 Å². The molecule has 0 radical (unpaired) electrons. The SMILES string of the molecule is [2H]C([2H])([2H])C([2H])([2H])Oc1cc(C=O)ccc1OC. The van der Waals surface area contributed by atoms with E-state index in [1.807, 2.05) is 0 Å². The van der Waals surface area contributed by atoms with Crippen molar-refractivity contribution < 1.29 is 21.1 Å². The van der Waals surface area contributed by atoms with Crippen molar-refractivity contribution >= 4 is 6.29 Å². The number of benzene rings is 1. The summed E-state index contributed by atoms with van der Waals surface area (Å²) in [5, 5.41) is 0. The van der Waals surface area contributed by atoms with Crippen LogP contribution in [0.15, 0.2) is 18.2 Å². The van der Waals surface area contributed by atoms with Crippen LogP contribution in [0.2, 0.25) is 0 Å². The van der Waals surface area contributed by atoms with Crippen molar-refractivity contribution in [1.82, 2.24) is 0 Å². The lowest BCUT2D eigenvalue weighted by molar-refractivity contribution is 0.112. The first kappa shape index (κ1) is 4.65. The Morgan fingerprint density at radius 1 is 1.62 bits per heavy atom. The summed E-state index contributed by atoms with van der Waals surface area (Å²) >= 11 is 0. The summed E-state index contributed by atoms with van der Waals surface area (Å²) in [7, 11) is 1.33. The minimum Gasteiger partial charge on any atom is -0.493 e. The number of carbonyl (C=O) groups is 1. The Kier molecular flexibility index (Phi) is 1.61. The van der Waals surface area contributed by atoms with Crippen LogP contribution in [-0.4, -0.2) is 20.0 Å². The minimum absolute atomic E-state index is 0.136. The fourth-order valence-electron chi connectivity index (χ4n) is 0.901. The number of rotatable bonds is 4. The zero-order chi connectivity index (χ0) is 14.0. The third-order valence-corrected chi connectivity index (χ3v) is 1.48. The van der Waals surface area contributed by atoms with E-state index in [9.17, 15) is 4.79 Å². The minimum atomic E-state index is -2.95. The Morgan fingerprint density at radius 2 is 2.46 bits per heavy atom. The van der Waals surface area contributed by atoms with Crippen LogP contribution in [0.3, 0.4) is 0 Å². The monoisotopic (exact) mass is 185 g/mol. The first-order valence-corrected chi connectivity index (χ1v) is 3.53. The molecule has 0 atom stereocenters. The smallest absolute Gasteiger partial charge is 0.161 e. The van der Waals surface area contributed by atoms with Crippen LogP contribution in [-0.2, 0) is 0 Å². The molecule has 0 aliphatic heterocycles. The first-order valence-electron chi connectivity index (χ1n) is 6.03. The highest BCUT2D eigenvalue weighted by Gasteiger charge is 2.03. The maximum atomic E-state index is 10.6. The van der Waals surface area contributed by atoms with E-state index in [2.05, 4.69) is 0 Å². The van der Waals surface area contributed by atoms with E-state index in [4.69, 9.17) is 16.3 Å². The van der Waals surface area contributed by atoms with E-state index in [1.54, 1.807) is 0 Å². The van der Waals surface area contributed by atoms with E-state index >= 15 is 0 Å². The summed E-state index contributed by atoms with van der Waals surface area (Å²) in [4.78, 5) is 10.6. The number of carbonyl (C=O) groups excluding carboxylic acids is 1. The Labute approximate surface area is 84.3 Å². The van der Waals surface area contributed by atoms with Crippen LogP contribution >= 0.6 is 0 Å². The zero-order valence-corrected chi connectivity index (χ0v) is 7.03. The van der Waals surface area contributed by atoms with Gasteiger partial charge in [-0.3, -0.25) is 4.79 Å². The van der Waals surface area contributed by atoms with Gasteiger partial charge in [-0.2, -0.15) is 0 Å². The standard InChI is InChI=1S/C10H12O3/c1-3-13-10-6-8(7-11)4-5-9(10)12-2/h4-7H,3H2,1-2H3/i1D3,3D2. The highest BCUT2D eigenvalue weighted by Crippen LogP contribution is 2.27. The molecule has 1 rings (SSSR count). The molecular weight excluding hydrogens is 168 g/mol. The Bertz CT molecular complexity index is 442. The fourth-order valence-corrected chi connectivity index (χ4v) is 0.901. The van der Waals surface area contributed by atoms with Gasteiger partial charge in [-0.15, -0.1) is 0 Å². The van der Waals surface area contributed by atoms with Gasteiger partial charge >= 0.3 is 0 Å². The van der Waals surface area contributed by atoms with Crippen LogP contribution in [0, 0.1) is 0 Å². The summed E-state index contributed by atoms with van der Waals surface area (Å²) in [6.45, 7) is -5.82. The van der Waals surface area contributed by atoms with Crippen LogP contribution in [0.5, 0.6) is 11.5 Å². The molecule has 0 fully saturated rings. The summed E-state index contributed by atoms with van der Waals surface area (Å²) in [6, 6.07) is 4.06. The lowest BCUT2D eigenvalue weighted by atomic mass is 10.2. The van der Waals surface area contributed by atoms with Gasteiger partial charge in [-0.1, -0.05) is 0 Å². The third kappa shape index (κ3) is 2.21. The number of ether oxygens (including phenoxy) is 2. The predicted molar refractivity (Wildman–Crippen MR) is 49.6 cm³/mol. The van der Waals surface area contributed by atoms with Crippen LogP contribution in [0.4, 0.5) is 0 Å².